The summed E-state index contributed by atoms with van der Waals surface area (Å²) >= 11 is 0. The SMILES string of the molecule is CNCNc1cc(-n2ccnc2C)ccn1. The van der Waals surface area contributed by atoms with Crippen LogP contribution in [-0.4, -0.2) is 28.3 Å². The zero-order chi connectivity index (χ0) is 11.4. The highest BCUT2D eigenvalue weighted by Gasteiger charge is 2.01. The number of aromatic nitrogens is 3. The van der Waals surface area contributed by atoms with E-state index in [9.17, 15) is 0 Å². The van der Waals surface area contributed by atoms with Crippen LogP contribution in [0.25, 0.3) is 5.69 Å². The van der Waals surface area contributed by atoms with Crippen LogP contribution in [-0.2, 0) is 0 Å². The highest BCUT2D eigenvalue weighted by atomic mass is 15.1. The van der Waals surface area contributed by atoms with Gasteiger partial charge in [-0.15, -0.1) is 0 Å². The lowest BCUT2D eigenvalue weighted by atomic mass is 10.3. The standard InChI is InChI=1S/C11H15N5/c1-9-13-5-6-16(9)10-3-4-14-11(7-10)15-8-12-2/h3-7,12H,8H2,1-2H3,(H,14,15). The fraction of sp³-hybridized carbons (Fsp3) is 0.273. The molecule has 2 heterocycles. The summed E-state index contributed by atoms with van der Waals surface area (Å²) in [7, 11) is 1.89. The predicted octanol–water partition coefficient (Wildman–Crippen LogP) is 1.16. The molecule has 84 valence electrons. The van der Waals surface area contributed by atoms with Crippen molar-refractivity contribution in [1.82, 2.24) is 19.9 Å². The summed E-state index contributed by atoms with van der Waals surface area (Å²) in [6, 6.07) is 3.95. The number of pyridine rings is 1. The minimum atomic E-state index is 0.694. The summed E-state index contributed by atoms with van der Waals surface area (Å²) in [4.78, 5) is 8.43. The Bertz CT molecular complexity index is 463. The van der Waals surface area contributed by atoms with Crippen molar-refractivity contribution in [2.45, 2.75) is 6.92 Å². The number of hydrogen-bond acceptors (Lipinski definition) is 4. The Kier molecular flexibility index (Phi) is 3.16. The summed E-state index contributed by atoms with van der Waals surface area (Å²) in [6.45, 7) is 2.67. The lowest BCUT2D eigenvalue weighted by molar-refractivity contribution is 0.867. The summed E-state index contributed by atoms with van der Waals surface area (Å²) < 4.78 is 2.02. The average Bonchev–Trinajstić information content (AvgIpc) is 2.73. The van der Waals surface area contributed by atoms with Crippen LogP contribution in [0, 0.1) is 6.92 Å². The minimum Gasteiger partial charge on any atom is -0.357 e. The maximum Gasteiger partial charge on any atom is 0.128 e. The molecule has 0 bridgehead atoms. The topological polar surface area (TPSA) is 54.8 Å². The van der Waals surface area contributed by atoms with Crippen LogP contribution >= 0.6 is 0 Å². The molecule has 0 saturated carbocycles. The first-order valence-corrected chi connectivity index (χ1v) is 5.16. The van der Waals surface area contributed by atoms with Gasteiger partial charge in [-0.1, -0.05) is 0 Å². The molecule has 0 spiro atoms. The quantitative estimate of drug-likeness (QED) is 0.755. The van der Waals surface area contributed by atoms with Crippen LogP contribution in [0.2, 0.25) is 0 Å². The number of rotatable bonds is 4. The van der Waals surface area contributed by atoms with E-state index in [0.717, 1.165) is 17.3 Å². The van der Waals surface area contributed by atoms with Gasteiger partial charge in [0, 0.05) is 24.7 Å². The van der Waals surface area contributed by atoms with Gasteiger partial charge in [0.25, 0.3) is 0 Å². The van der Waals surface area contributed by atoms with Gasteiger partial charge >= 0.3 is 0 Å². The maximum absolute atomic E-state index is 4.23. The molecule has 2 aromatic heterocycles. The van der Waals surface area contributed by atoms with E-state index in [0.29, 0.717) is 6.67 Å². The van der Waals surface area contributed by atoms with Crippen LogP contribution in [0.4, 0.5) is 5.82 Å². The van der Waals surface area contributed by atoms with Crippen molar-refractivity contribution in [3.05, 3.63) is 36.5 Å². The molecular formula is C11H15N5. The molecule has 0 saturated heterocycles. The normalized spacial score (nSPS) is 10.4. The maximum atomic E-state index is 4.23. The second kappa shape index (κ2) is 4.76. The first-order valence-electron chi connectivity index (χ1n) is 5.16. The Morgan fingerprint density at radius 1 is 1.31 bits per heavy atom. The summed E-state index contributed by atoms with van der Waals surface area (Å²) in [5, 5.41) is 6.17. The number of hydrogen-bond donors (Lipinski definition) is 2. The van der Waals surface area contributed by atoms with Crippen molar-refractivity contribution in [3.63, 3.8) is 0 Å². The van der Waals surface area contributed by atoms with E-state index in [1.165, 1.54) is 0 Å². The third-order valence-corrected chi connectivity index (χ3v) is 2.29. The Balaban J connectivity index is 2.26. The zero-order valence-electron chi connectivity index (χ0n) is 9.44. The van der Waals surface area contributed by atoms with Crippen molar-refractivity contribution < 1.29 is 0 Å². The molecule has 5 heteroatoms. The molecule has 0 atom stereocenters. The van der Waals surface area contributed by atoms with Gasteiger partial charge in [-0.25, -0.2) is 9.97 Å². The van der Waals surface area contributed by atoms with E-state index in [-0.39, 0.29) is 0 Å². The summed E-state index contributed by atoms with van der Waals surface area (Å²) in [6.07, 6.45) is 5.51. The van der Waals surface area contributed by atoms with E-state index < -0.39 is 0 Å². The van der Waals surface area contributed by atoms with E-state index in [4.69, 9.17) is 0 Å². The third-order valence-electron chi connectivity index (χ3n) is 2.29. The van der Waals surface area contributed by atoms with Crippen molar-refractivity contribution in [1.29, 1.82) is 0 Å². The zero-order valence-corrected chi connectivity index (χ0v) is 9.44. The second-order valence-corrected chi connectivity index (χ2v) is 3.45. The fourth-order valence-electron chi connectivity index (χ4n) is 1.50. The number of nitrogens with zero attached hydrogens (tertiary/aromatic N) is 3. The van der Waals surface area contributed by atoms with Gasteiger partial charge in [-0.2, -0.15) is 0 Å². The molecule has 0 aliphatic heterocycles. The minimum absolute atomic E-state index is 0.694. The van der Waals surface area contributed by atoms with Gasteiger partial charge in [0.2, 0.25) is 0 Å². The van der Waals surface area contributed by atoms with Gasteiger partial charge in [0.1, 0.15) is 11.6 Å². The Morgan fingerprint density at radius 2 is 2.19 bits per heavy atom. The van der Waals surface area contributed by atoms with E-state index in [2.05, 4.69) is 20.6 Å². The first-order chi connectivity index (χ1) is 7.81. The van der Waals surface area contributed by atoms with Crippen LogP contribution in [0.1, 0.15) is 5.82 Å². The molecule has 2 rings (SSSR count). The monoisotopic (exact) mass is 217 g/mol. The Labute approximate surface area is 94.5 Å². The average molecular weight is 217 g/mol. The molecule has 0 amide bonds. The van der Waals surface area contributed by atoms with Crippen molar-refractivity contribution >= 4 is 5.82 Å². The lowest BCUT2D eigenvalue weighted by Gasteiger charge is -2.08. The Hall–Kier alpha value is -1.88. The van der Waals surface area contributed by atoms with Crippen LogP contribution in [0.15, 0.2) is 30.7 Å². The van der Waals surface area contributed by atoms with E-state index in [1.807, 2.05) is 36.9 Å². The van der Waals surface area contributed by atoms with Crippen molar-refractivity contribution in [2.24, 2.45) is 0 Å². The predicted molar refractivity (Wildman–Crippen MR) is 63.6 cm³/mol. The van der Waals surface area contributed by atoms with Crippen molar-refractivity contribution in [3.8, 4) is 5.69 Å². The molecule has 2 aromatic rings. The molecule has 0 radical (unpaired) electrons. The number of anilines is 1. The molecule has 0 unspecified atom stereocenters. The first kappa shape index (κ1) is 10.6. The van der Waals surface area contributed by atoms with Gasteiger partial charge in [0.05, 0.1) is 12.4 Å². The molecule has 0 aromatic carbocycles. The van der Waals surface area contributed by atoms with E-state index in [1.54, 1.807) is 12.4 Å². The summed E-state index contributed by atoms with van der Waals surface area (Å²) in [5.41, 5.74) is 1.06. The molecule has 0 aliphatic carbocycles. The van der Waals surface area contributed by atoms with Gasteiger partial charge in [-0.05, 0) is 20.0 Å². The van der Waals surface area contributed by atoms with Crippen LogP contribution in [0.3, 0.4) is 0 Å². The molecule has 0 aliphatic rings. The number of aryl methyl sites for hydroxylation is 1. The van der Waals surface area contributed by atoms with Gasteiger partial charge < -0.3 is 15.2 Å². The van der Waals surface area contributed by atoms with E-state index >= 15 is 0 Å². The number of nitrogens with one attached hydrogen (secondary N) is 2. The van der Waals surface area contributed by atoms with Crippen LogP contribution < -0.4 is 10.6 Å². The lowest BCUT2D eigenvalue weighted by Crippen LogP contribution is -2.17. The van der Waals surface area contributed by atoms with Gasteiger partial charge in [-0.3, -0.25) is 0 Å². The fourth-order valence-corrected chi connectivity index (χ4v) is 1.50. The second-order valence-electron chi connectivity index (χ2n) is 3.45. The largest absolute Gasteiger partial charge is 0.357 e. The van der Waals surface area contributed by atoms with Crippen LogP contribution in [0.5, 0.6) is 0 Å². The highest BCUT2D eigenvalue weighted by molar-refractivity contribution is 5.45. The highest BCUT2D eigenvalue weighted by Crippen LogP contribution is 2.12. The van der Waals surface area contributed by atoms with Crippen molar-refractivity contribution in [2.75, 3.05) is 19.0 Å². The molecule has 2 N–H and O–H groups in total. The number of imidazole rings is 1. The summed E-state index contributed by atoms with van der Waals surface area (Å²) in [5.74, 6) is 1.81. The molecule has 5 nitrogen and oxygen atoms in total. The third kappa shape index (κ3) is 2.20. The molecule has 0 fully saturated rings. The molecular weight excluding hydrogens is 202 g/mol. The molecule has 16 heavy (non-hydrogen) atoms. The smallest absolute Gasteiger partial charge is 0.128 e. The Morgan fingerprint density at radius 3 is 2.88 bits per heavy atom. The van der Waals surface area contributed by atoms with Gasteiger partial charge in [0.15, 0.2) is 0 Å².